The number of ether oxygens (including phenoxy) is 1. The largest absolute Gasteiger partial charge is 0.494 e. The zero-order chi connectivity index (χ0) is 13.7. The monoisotopic (exact) mass is 253 g/mol. The number of aromatic nitrogens is 1. The van der Waals surface area contributed by atoms with Crippen LogP contribution in [0.4, 0.5) is 11.5 Å². The minimum Gasteiger partial charge on any atom is -0.494 e. The maximum absolute atomic E-state index is 8.81. The van der Waals surface area contributed by atoms with E-state index >= 15 is 0 Å². The van der Waals surface area contributed by atoms with Gasteiger partial charge in [0.2, 0.25) is 0 Å². The highest BCUT2D eigenvalue weighted by Crippen LogP contribution is 2.23. The van der Waals surface area contributed by atoms with Crippen molar-refractivity contribution in [3.8, 4) is 11.8 Å². The lowest BCUT2D eigenvalue weighted by Gasteiger charge is -2.10. The van der Waals surface area contributed by atoms with Gasteiger partial charge < -0.3 is 10.1 Å². The fourth-order valence-corrected chi connectivity index (χ4v) is 1.76. The average Bonchev–Trinajstić information content (AvgIpc) is 2.42. The number of anilines is 2. The predicted octanol–water partition coefficient (Wildman–Crippen LogP) is 3.40. The molecule has 0 spiro atoms. The maximum atomic E-state index is 8.81. The standard InChI is InChI=1S/C15H15N3O/c1-3-19-14-8-7-12(9-11(14)2)17-15-6-4-5-13(10-16)18-15/h4-9H,3H2,1-2H3,(H,17,18). The van der Waals surface area contributed by atoms with Crippen LogP contribution in [0.15, 0.2) is 36.4 Å². The number of pyridine rings is 1. The summed E-state index contributed by atoms with van der Waals surface area (Å²) in [7, 11) is 0. The van der Waals surface area contributed by atoms with Crippen LogP contribution in [0.2, 0.25) is 0 Å². The van der Waals surface area contributed by atoms with Crippen LogP contribution in [0.25, 0.3) is 0 Å². The van der Waals surface area contributed by atoms with Crippen LogP contribution >= 0.6 is 0 Å². The average molecular weight is 253 g/mol. The first-order chi connectivity index (χ1) is 9.22. The molecule has 0 unspecified atom stereocenters. The van der Waals surface area contributed by atoms with Crippen molar-refractivity contribution < 1.29 is 4.74 Å². The molecule has 1 heterocycles. The van der Waals surface area contributed by atoms with E-state index in [0.717, 1.165) is 17.0 Å². The molecule has 1 N–H and O–H groups in total. The summed E-state index contributed by atoms with van der Waals surface area (Å²) in [6, 6.07) is 13.2. The molecule has 0 amide bonds. The van der Waals surface area contributed by atoms with Gasteiger partial charge in [-0.3, -0.25) is 0 Å². The number of hydrogen-bond acceptors (Lipinski definition) is 4. The molecule has 2 aromatic rings. The Kier molecular flexibility index (Phi) is 3.99. The minimum absolute atomic E-state index is 0.396. The smallest absolute Gasteiger partial charge is 0.142 e. The highest BCUT2D eigenvalue weighted by molar-refractivity contribution is 5.59. The molecule has 96 valence electrons. The van der Waals surface area contributed by atoms with Crippen molar-refractivity contribution >= 4 is 11.5 Å². The Morgan fingerprint density at radius 3 is 2.84 bits per heavy atom. The van der Waals surface area contributed by atoms with Gasteiger partial charge in [-0.15, -0.1) is 0 Å². The molecule has 4 nitrogen and oxygen atoms in total. The van der Waals surface area contributed by atoms with Crippen LogP contribution in [0, 0.1) is 18.3 Å². The lowest BCUT2D eigenvalue weighted by atomic mass is 10.2. The number of nitrogens with one attached hydrogen (secondary N) is 1. The molecule has 1 aromatic carbocycles. The van der Waals surface area contributed by atoms with Gasteiger partial charge in [0, 0.05) is 5.69 Å². The first-order valence-electron chi connectivity index (χ1n) is 6.10. The van der Waals surface area contributed by atoms with Gasteiger partial charge in [-0.05, 0) is 49.7 Å². The number of rotatable bonds is 4. The van der Waals surface area contributed by atoms with Crippen LogP contribution in [0.5, 0.6) is 5.75 Å². The van der Waals surface area contributed by atoms with E-state index < -0.39 is 0 Å². The zero-order valence-electron chi connectivity index (χ0n) is 11.0. The fraction of sp³-hybridized carbons (Fsp3) is 0.200. The van der Waals surface area contributed by atoms with E-state index in [0.29, 0.717) is 18.1 Å². The lowest BCUT2D eigenvalue weighted by molar-refractivity contribution is 0.338. The van der Waals surface area contributed by atoms with Gasteiger partial charge in [-0.25, -0.2) is 4.98 Å². The van der Waals surface area contributed by atoms with Crippen LogP contribution in [0.3, 0.4) is 0 Å². The van der Waals surface area contributed by atoms with Gasteiger partial charge in [0.05, 0.1) is 6.61 Å². The SMILES string of the molecule is CCOc1ccc(Nc2cccc(C#N)n2)cc1C. The van der Waals surface area contributed by atoms with E-state index in [1.54, 1.807) is 12.1 Å². The van der Waals surface area contributed by atoms with E-state index in [4.69, 9.17) is 10.00 Å². The normalized spacial score (nSPS) is 9.74. The number of nitriles is 1. The first kappa shape index (κ1) is 12.9. The van der Waals surface area contributed by atoms with Gasteiger partial charge in [0.1, 0.15) is 23.3 Å². The molecule has 0 aliphatic rings. The number of benzene rings is 1. The van der Waals surface area contributed by atoms with E-state index in [9.17, 15) is 0 Å². The second-order valence-corrected chi connectivity index (χ2v) is 4.06. The molecule has 0 saturated carbocycles. The Morgan fingerprint density at radius 1 is 1.32 bits per heavy atom. The molecule has 0 bridgehead atoms. The van der Waals surface area contributed by atoms with Crippen molar-refractivity contribution in [3.05, 3.63) is 47.7 Å². The van der Waals surface area contributed by atoms with E-state index in [1.165, 1.54) is 0 Å². The van der Waals surface area contributed by atoms with Crippen molar-refractivity contribution in [3.63, 3.8) is 0 Å². The van der Waals surface area contributed by atoms with Crippen LogP contribution < -0.4 is 10.1 Å². The van der Waals surface area contributed by atoms with Crippen LogP contribution in [-0.2, 0) is 0 Å². The van der Waals surface area contributed by atoms with Gasteiger partial charge in [0.15, 0.2) is 0 Å². The van der Waals surface area contributed by atoms with Gasteiger partial charge >= 0.3 is 0 Å². The van der Waals surface area contributed by atoms with Crippen molar-refractivity contribution in [1.82, 2.24) is 4.98 Å². The summed E-state index contributed by atoms with van der Waals surface area (Å²) in [5.41, 5.74) is 2.37. The predicted molar refractivity (Wildman–Crippen MR) is 74.6 cm³/mol. The number of aryl methyl sites for hydroxylation is 1. The molecule has 0 fully saturated rings. The third-order valence-electron chi connectivity index (χ3n) is 2.61. The van der Waals surface area contributed by atoms with Crippen LogP contribution in [-0.4, -0.2) is 11.6 Å². The second-order valence-electron chi connectivity index (χ2n) is 4.06. The highest BCUT2D eigenvalue weighted by Gasteiger charge is 2.02. The van der Waals surface area contributed by atoms with Crippen molar-refractivity contribution in [2.24, 2.45) is 0 Å². The Morgan fingerprint density at radius 2 is 2.16 bits per heavy atom. The minimum atomic E-state index is 0.396. The molecular formula is C15H15N3O. The Labute approximate surface area is 112 Å². The summed E-state index contributed by atoms with van der Waals surface area (Å²) < 4.78 is 5.49. The fourth-order valence-electron chi connectivity index (χ4n) is 1.76. The Hall–Kier alpha value is -2.54. The molecule has 0 saturated heterocycles. The van der Waals surface area contributed by atoms with Crippen molar-refractivity contribution in [1.29, 1.82) is 5.26 Å². The zero-order valence-corrected chi connectivity index (χ0v) is 11.0. The maximum Gasteiger partial charge on any atom is 0.142 e. The summed E-state index contributed by atoms with van der Waals surface area (Å²) in [6.07, 6.45) is 0. The molecule has 19 heavy (non-hydrogen) atoms. The summed E-state index contributed by atoms with van der Waals surface area (Å²) in [5, 5.41) is 12.0. The summed E-state index contributed by atoms with van der Waals surface area (Å²) in [5.74, 6) is 1.54. The molecule has 2 rings (SSSR count). The topological polar surface area (TPSA) is 57.9 Å². The van der Waals surface area contributed by atoms with Crippen molar-refractivity contribution in [2.75, 3.05) is 11.9 Å². The molecule has 0 aliphatic heterocycles. The van der Waals surface area contributed by atoms with Crippen molar-refractivity contribution in [2.45, 2.75) is 13.8 Å². The van der Waals surface area contributed by atoms with Gasteiger partial charge in [-0.1, -0.05) is 6.07 Å². The molecule has 0 radical (unpaired) electrons. The molecular weight excluding hydrogens is 238 g/mol. The molecule has 0 aliphatic carbocycles. The second kappa shape index (κ2) is 5.87. The van der Waals surface area contributed by atoms with Gasteiger partial charge in [-0.2, -0.15) is 5.26 Å². The van der Waals surface area contributed by atoms with E-state index in [2.05, 4.69) is 10.3 Å². The van der Waals surface area contributed by atoms with E-state index in [1.807, 2.05) is 44.2 Å². The number of hydrogen-bond donors (Lipinski definition) is 1. The number of nitrogens with zero attached hydrogens (tertiary/aromatic N) is 2. The van der Waals surface area contributed by atoms with E-state index in [-0.39, 0.29) is 0 Å². The van der Waals surface area contributed by atoms with Crippen LogP contribution in [0.1, 0.15) is 18.2 Å². The lowest BCUT2D eigenvalue weighted by Crippen LogP contribution is -1.97. The quantitative estimate of drug-likeness (QED) is 0.907. The van der Waals surface area contributed by atoms with Gasteiger partial charge in [0.25, 0.3) is 0 Å². The highest BCUT2D eigenvalue weighted by atomic mass is 16.5. The summed E-state index contributed by atoms with van der Waals surface area (Å²) in [6.45, 7) is 4.61. The third kappa shape index (κ3) is 3.23. The Bertz CT molecular complexity index is 617. The molecule has 4 heteroatoms. The molecule has 1 aromatic heterocycles. The molecule has 0 atom stereocenters. The Balaban J connectivity index is 2.19. The first-order valence-corrected chi connectivity index (χ1v) is 6.10. The summed E-state index contributed by atoms with van der Waals surface area (Å²) >= 11 is 0. The third-order valence-corrected chi connectivity index (χ3v) is 2.61. The summed E-state index contributed by atoms with van der Waals surface area (Å²) in [4.78, 5) is 4.17.